The third-order valence-corrected chi connectivity index (χ3v) is 3.74. The van der Waals surface area contributed by atoms with Gasteiger partial charge in [-0.05, 0) is 38.0 Å². The van der Waals surface area contributed by atoms with Gasteiger partial charge in [0.1, 0.15) is 0 Å². The fourth-order valence-corrected chi connectivity index (χ4v) is 2.70. The van der Waals surface area contributed by atoms with Crippen LogP contribution in [0.3, 0.4) is 0 Å². The maximum atomic E-state index is 12.3. The van der Waals surface area contributed by atoms with Gasteiger partial charge in [0, 0.05) is 28.7 Å². The van der Waals surface area contributed by atoms with Gasteiger partial charge in [-0.15, -0.1) is 0 Å². The van der Waals surface area contributed by atoms with Crippen molar-refractivity contribution in [1.29, 1.82) is 0 Å². The number of piperidine rings is 1. The number of nitrogens with zero attached hydrogens (tertiary/aromatic N) is 1. The van der Waals surface area contributed by atoms with Crippen LogP contribution in [0.1, 0.15) is 30.1 Å². The van der Waals surface area contributed by atoms with Crippen LogP contribution in [-0.2, 0) is 0 Å². The summed E-state index contributed by atoms with van der Waals surface area (Å²) in [4.78, 5) is 14.3. The minimum Gasteiger partial charge on any atom is -0.336 e. The SMILES string of the molecule is CC1CC(N)CCN1C(=O)c1cccc(Br)c1. The molecule has 1 heterocycles. The fraction of sp³-hybridized carbons (Fsp3) is 0.462. The van der Waals surface area contributed by atoms with Crippen molar-refractivity contribution in [3.63, 3.8) is 0 Å². The summed E-state index contributed by atoms with van der Waals surface area (Å²) in [7, 11) is 0. The Morgan fingerprint density at radius 2 is 2.29 bits per heavy atom. The summed E-state index contributed by atoms with van der Waals surface area (Å²) in [5.74, 6) is 0.103. The minimum absolute atomic E-state index is 0.103. The van der Waals surface area contributed by atoms with E-state index in [1.54, 1.807) is 0 Å². The van der Waals surface area contributed by atoms with Gasteiger partial charge in [0.25, 0.3) is 5.91 Å². The molecule has 2 N–H and O–H groups in total. The first-order valence-electron chi connectivity index (χ1n) is 5.90. The molecule has 1 amide bonds. The van der Waals surface area contributed by atoms with Crippen LogP contribution in [0.5, 0.6) is 0 Å². The Hall–Kier alpha value is -0.870. The van der Waals surface area contributed by atoms with E-state index in [9.17, 15) is 4.79 Å². The molecule has 1 aromatic carbocycles. The normalized spacial score (nSPS) is 24.8. The van der Waals surface area contributed by atoms with E-state index in [2.05, 4.69) is 22.9 Å². The lowest BCUT2D eigenvalue weighted by atomic mass is 9.98. The van der Waals surface area contributed by atoms with Crippen LogP contribution < -0.4 is 5.73 Å². The molecule has 0 radical (unpaired) electrons. The molecule has 4 heteroatoms. The van der Waals surface area contributed by atoms with Gasteiger partial charge < -0.3 is 10.6 Å². The fourth-order valence-electron chi connectivity index (χ4n) is 2.30. The lowest BCUT2D eigenvalue weighted by Crippen LogP contribution is -2.48. The third kappa shape index (κ3) is 2.87. The number of halogens is 1. The Morgan fingerprint density at radius 1 is 1.53 bits per heavy atom. The topological polar surface area (TPSA) is 46.3 Å². The van der Waals surface area contributed by atoms with Gasteiger partial charge in [-0.2, -0.15) is 0 Å². The van der Waals surface area contributed by atoms with E-state index in [0.29, 0.717) is 0 Å². The molecule has 2 unspecified atom stereocenters. The van der Waals surface area contributed by atoms with Crippen molar-refractivity contribution in [3.8, 4) is 0 Å². The molecule has 92 valence electrons. The first kappa shape index (κ1) is 12.6. The summed E-state index contributed by atoms with van der Waals surface area (Å²) >= 11 is 3.39. The van der Waals surface area contributed by atoms with E-state index in [1.165, 1.54) is 0 Å². The molecular formula is C13H17BrN2O. The van der Waals surface area contributed by atoms with E-state index in [4.69, 9.17) is 5.73 Å². The Morgan fingerprint density at radius 3 is 2.94 bits per heavy atom. The molecule has 1 aliphatic rings. The van der Waals surface area contributed by atoms with Crippen molar-refractivity contribution in [2.75, 3.05) is 6.54 Å². The highest BCUT2D eigenvalue weighted by Crippen LogP contribution is 2.20. The maximum Gasteiger partial charge on any atom is 0.254 e. The monoisotopic (exact) mass is 296 g/mol. The lowest BCUT2D eigenvalue weighted by Gasteiger charge is -2.36. The first-order chi connectivity index (χ1) is 8.08. The van der Waals surface area contributed by atoms with E-state index >= 15 is 0 Å². The van der Waals surface area contributed by atoms with E-state index < -0.39 is 0 Å². The number of amides is 1. The number of hydrogen-bond acceptors (Lipinski definition) is 2. The van der Waals surface area contributed by atoms with E-state index in [1.807, 2.05) is 29.2 Å². The largest absolute Gasteiger partial charge is 0.336 e. The second-order valence-electron chi connectivity index (χ2n) is 4.64. The number of carbonyl (C=O) groups is 1. The Kier molecular flexibility index (Phi) is 3.84. The van der Waals surface area contributed by atoms with Crippen LogP contribution in [0.15, 0.2) is 28.7 Å². The minimum atomic E-state index is 0.103. The highest BCUT2D eigenvalue weighted by molar-refractivity contribution is 9.10. The second-order valence-corrected chi connectivity index (χ2v) is 5.56. The molecule has 2 rings (SSSR count). The standard InChI is InChI=1S/C13H17BrN2O/c1-9-7-12(15)5-6-16(9)13(17)10-3-2-4-11(14)8-10/h2-4,8-9,12H,5-7,15H2,1H3. The summed E-state index contributed by atoms with van der Waals surface area (Å²) in [6.07, 6.45) is 1.78. The highest BCUT2D eigenvalue weighted by Gasteiger charge is 2.27. The van der Waals surface area contributed by atoms with Crippen LogP contribution >= 0.6 is 15.9 Å². The zero-order valence-electron chi connectivity index (χ0n) is 9.90. The van der Waals surface area contributed by atoms with Crippen LogP contribution in [0, 0.1) is 0 Å². The van der Waals surface area contributed by atoms with Gasteiger partial charge in [0.05, 0.1) is 0 Å². The van der Waals surface area contributed by atoms with Crippen molar-refractivity contribution in [2.24, 2.45) is 5.73 Å². The first-order valence-corrected chi connectivity index (χ1v) is 6.69. The molecule has 1 saturated heterocycles. The van der Waals surface area contributed by atoms with Crippen molar-refractivity contribution in [1.82, 2.24) is 4.90 Å². The van der Waals surface area contributed by atoms with Gasteiger partial charge in [-0.3, -0.25) is 4.79 Å². The molecule has 0 spiro atoms. The summed E-state index contributed by atoms with van der Waals surface area (Å²) in [5, 5.41) is 0. The molecule has 0 aliphatic carbocycles. The zero-order chi connectivity index (χ0) is 12.4. The van der Waals surface area contributed by atoms with E-state index in [0.717, 1.165) is 29.4 Å². The molecule has 2 atom stereocenters. The van der Waals surface area contributed by atoms with Crippen molar-refractivity contribution >= 4 is 21.8 Å². The molecule has 0 bridgehead atoms. The maximum absolute atomic E-state index is 12.3. The Balaban J connectivity index is 2.15. The molecule has 0 saturated carbocycles. The number of carbonyl (C=O) groups excluding carboxylic acids is 1. The van der Waals surface area contributed by atoms with Crippen molar-refractivity contribution < 1.29 is 4.79 Å². The molecular weight excluding hydrogens is 280 g/mol. The summed E-state index contributed by atoms with van der Waals surface area (Å²) < 4.78 is 0.935. The molecule has 1 aromatic rings. The molecule has 1 fully saturated rings. The van der Waals surface area contributed by atoms with Crippen LogP contribution in [-0.4, -0.2) is 29.4 Å². The van der Waals surface area contributed by atoms with E-state index in [-0.39, 0.29) is 18.0 Å². The zero-order valence-corrected chi connectivity index (χ0v) is 11.5. The van der Waals surface area contributed by atoms with Gasteiger partial charge >= 0.3 is 0 Å². The smallest absolute Gasteiger partial charge is 0.254 e. The third-order valence-electron chi connectivity index (χ3n) is 3.25. The number of nitrogens with two attached hydrogens (primary N) is 1. The second kappa shape index (κ2) is 5.19. The molecule has 0 aromatic heterocycles. The average Bonchev–Trinajstić information content (AvgIpc) is 2.28. The van der Waals surface area contributed by atoms with Crippen LogP contribution in [0.25, 0.3) is 0 Å². The van der Waals surface area contributed by atoms with Crippen LogP contribution in [0.2, 0.25) is 0 Å². The summed E-state index contributed by atoms with van der Waals surface area (Å²) in [6.45, 7) is 2.82. The highest BCUT2D eigenvalue weighted by atomic mass is 79.9. The average molecular weight is 297 g/mol. The van der Waals surface area contributed by atoms with Gasteiger partial charge in [-0.1, -0.05) is 22.0 Å². The Labute approximate surface area is 110 Å². The lowest BCUT2D eigenvalue weighted by molar-refractivity contribution is 0.0619. The Bertz CT molecular complexity index is 422. The molecule has 1 aliphatic heterocycles. The number of benzene rings is 1. The van der Waals surface area contributed by atoms with Crippen LogP contribution in [0.4, 0.5) is 0 Å². The molecule has 17 heavy (non-hydrogen) atoms. The predicted molar refractivity (Wildman–Crippen MR) is 71.8 cm³/mol. The predicted octanol–water partition coefficient (Wildman–Crippen LogP) is 2.40. The molecule has 3 nitrogen and oxygen atoms in total. The van der Waals surface area contributed by atoms with Crippen molar-refractivity contribution in [2.45, 2.75) is 31.8 Å². The quantitative estimate of drug-likeness (QED) is 0.865. The summed E-state index contributed by atoms with van der Waals surface area (Å²) in [5.41, 5.74) is 6.64. The summed E-state index contributed by atoms with van der Waals surface area (Å²) in [6, 6.07) is 7.99. The number of likely N-dealkylation sites (tertiary alicyclic amines) is 1. The van der Waals surface area contributed by atoms with Gasteiger partial charge in [0.2, 0.25) is 0 Å². The van der Waals surface area contributed by atoms with Gasteiger partial charge in [0.15, 0.2) is 0 Å². The van der Waals surface area contributed by atoms with Gasteiger partial charge in [-0.25, -0.2) is 0 Å². The number of hydrogen-bond donors (Lipinski definition) is 1. The van der Waals surface area contributed by atoms with Crippen molar-refractivity contribution in [3.05, 3.63) is 34.3 Å². The number of rotatable bonds is 1.